The molecule has 20 heavy (non-hydrogen) atoms. The predicted octanol–water partition coefficient (Wildman–Crippen LogP) is 3.98. The van der Waals surface area contributed by atoms with Crippen LogP contribution in [0.25, 0.3) is 11.1 Å². The zero-order valence-electron chi connectivity index (χ0n) is 10.6. The summed E-state index contributed by atoms with van der Waals surface area (Å²) in [5.74, 6) is -3.38. The number of oxazole rings is 1. The normalized spacial score (nSPS) is 11.8. The van der Waals surface area contributed by atoms with Gasteiger partial charge in [0.05, 0.1) is 7.11 Å². The zero-order chi connectivity index (χ0) is 14.2. The molecule has 0 amide bonds. The lowest BCUT2D eigenvalue weighted by Crippen LogP contribution is -2.15. The van der Waals surface area contributed by atoms with Crippen LogP contribution in [0.3, 0.4) is 0 Å². The minimum absolute atomic E-state index is 0.190. The van der Waals surface area contributed by atoms with Gasteiger partial charge in [0, 0.05) is 5.56 Å². The standard InChI is InChI=1S/C15H11F2NO2/c1-19-11-8-6-10(7-9-11)15(16,17)14-18-12-4-2-3-5-13(12)20-14/h2-9H,1H3. The molecule has 5 heteroatoms. The van der Waals surface area contributed by atoms with E-state index in [1.54, 1.807) is 24.3 Å². The molecule has 0 atom stereocenters. The molecule has 0 aliphatic carbocycles. The third-order valence-corrected chi connectivity index (χ3v) is 3.02. The second kappa shape index (κ2) is 4.59. The van der Waals surface area contributed by atoms with Gasteiger partial charge < -0.3 is 9.15 Å². The van der Waals surface area contributed by atoms with Gasteiger partial charge in [-0.2, -0.15) is 8.78 Å². The molecule has 1 aromatic heterocycles. The fourth-order valence-corrected chi connectivity index (χ4v) is 1.93. The van der Waals surface area contributed by atoms with Crippen LogP contribution in [0.2, 0.25) is 0 Å². The first kappa shape index (κ1) is 12.6. The maximum Gasteiger partial charge on any atom is 0.347 e. The average Bonchev–Trinajstić information content (AvgIpc) is 2.92. The number of fused-ring (bicyclic) bond motifs is 1. The van der Waals surface area contributed by atoms with E-state index < -0.39 is 11.8 Å². The monoisotopic (exact) mass is 275 g/mol. The first-order valence-electron chi connectivity index (χ1n) is 5.99. The van der Waals surface area contributed by atoms with Crippen molar-refractivity contribution < 1.29 is 17.9 Å². The van der Waals surface area contributed by atoms with Crippen molar-refractivity contribution in [3.8, 4) is 5.75 Å². The highest BCUT2D eigenvalue weighted by atomic mass is 19.3. The highest BCUT2D eigenvalue weighted by Crippen LogP contribution is 2.37. The largest absolute Gasteiger partial charge is 0.497 e. The third-order valence-electron chi connectivity index (χ3n) is 3.02. The van der Waals surface area contributed by atoms with Gasteiger partial charge in [0.25, 0.3) is 5.89 Å². The molecule has 0 radical (unpaired) electrons. The molecule has 0 unspecified atom stereocenters. The van der Waals surface area contributed by atoms with Crippen molar-refractivity contribution in [2.45, 2.75) is 5.92 Å². The summed E-state index contributed by atoms with van der Waals surface area (Å²) in [6.45, 7) is 0. The summed E-state index contributed by atoms with van der Waals surface area (Å²) in [7, 11) is 1.48. The van der Waals surface area contributed by atoms with E-state index in [-0.39, 0.29) is 5.56 Å². The predicted molar refractivity (Wildman–Crippen MR) is 70.0 cm³/mol. The highest BCUT2D eigenvalue weighted by molar-refractivity contribution is 5.72. The van der Waals surface area contributed by atoms with Gasteiger partial charge in [0.15, 0.2) is 5.58 Å². The summed E-state index contributed by atoms with van der Waals surface area (Å²) in [6, 6.07) is 12.2. The van der Waals surface area contributed by atoms with Gasteiger partial charge in [-0.15, -0.1) is 0 Å². The van der Waals surface area contributed by atoms with E-state index in [9.17, 15) is 8.78 Å². The number of benzene rings is 2. The van der Waals surface area contributed by atoms with Gasteiger partial charge in [0.2, 0.25) is 0 Å². The molecule has 3 aromatic rings. The van der Waals surface area contributed by atoms with E-state index in [0.717, 1.165) is 0 Å². The van der Waals surface area contributed by atoms with Crippen molar-refractivity contribution in [2.75, 3.05) is 7.11 Å². The number of halogens is 2. The topological polar surface area (TPSA) is 35.3 Å². The molecule has 0 saturated carbocycles. The van der Waals surface area contributed by atoms with Crippen molar-refractivity contribution in [2.24, 2.45) is 0 Å². The number of nitrogens with zero attached hydrogens (tertiary/aromatic N) is 1. The maximum absolute atomic E-state index is 14.4. The number of methoxy groups -OCH3 is 1. The van der Waals surface area contributed by atoms with E-state index in [1.165, 1.54) is 31.4 Å². The van der Waals surface area contributed by atoms with E-state index in [2.05, 4.69) is 4.98 Å². The summed E-state index contributed by atoms with van der Waals surface area (Å²) in [5.41, 5.74) is 0.566. The Morgan fingerprint density at radius 1 is 1.05 bits per heavy atom. The molecule has 0 bridgehead atoms. The first-order valence-corrected chi connectivity index (χ1v) is 5.99. The SMILES string of the molecule is COc1ccc(C(F)(F)c2nc3ccccc3o2)cc1. The average molecular weight is 275 g/mol. The maximum atomic E-state index is 14.4. The molecule has 0 spiro atoms. The van der Waals surface area contributed by atoms with E-state index >= 15 is 0 Å². The van der Waals surface area contributed by atoms with Crippen LogP contribution < -0.4 is 4.74 Å². The van der Waals surface area contributed by atoms with Crippen LogP contribution in [0.1, 0.15) is 11.5 Å². The van der Waals surface area contributed by atoms with Gasteiger partial charge in [-0.3, -0.25) is 0 Å². The molecule has 0 fully saturated rings. The van der Waals surface area contributed by atoms with Crippen molar-refractivity contribution in [1.82, 2.24) is 4.98 Å². The van der Waals surface area contributed by atoms with Crippen molar-refractivity contribution in [1.29, 1.82) is 0 Å². The Bertz CT molecular complexity index is 702. The molecular formula is C15H11F2NO2. The molecule has 3 nitrogen and oxygen atoms in total. The van der Waals surface area contributed by atoms with Crippen LogP contribution in [0.4, 0.5) is 8.78 Å². The van der Waals surface area contributed by atoms with Crippen LogP contribution in [-0.2, 0) is 5.92 Å². The van der Waals surface area contributed by atoms with Gasteiger partial charge in [-0.05, 0) is 36.4 Å². The third kappa shape index (κ3) is 2.01. The fraction of sp³-hybridized carbons (Fsp3) is 0.133. The Kier molecular flexibility index (Phi) is 2.89. The Morgan fingerprint density at radius 2 is 1.75 bits per heavy atom. The van der Waals surface area contributed by atoms with Crippen LogP contribution in [0, 0.1) is 0 Å². The van der Waals surface area contributed by atoms with Crippen molar-refractivity contribution >= 4 is 11.1 Å². The summed E-state index contributed by atoms with van der Waals surface area (Å²) in [4.78, 5) is 3.86. The zero-order valence-corrected chi connectivity index (χ0v) is 10.6. The molecule has 3 rings (SSSR count). The van der Waals surface area contributed by atoms with Gasteiger partial charge in [-0.25, -0.2) is 4.98 Å². The molecular weight excluding hydrogens is 264 g/mol. The molecule has 0 aliphatic rings. The van der Waals surface area contributed by atoms with Gasteiger partial charge in [-0.1, -0.05) is 12.1 Å². The van der Waals surface area contributed by atoms with E-state index in [4.69, 9.17) is 9.15 Å². The number of aromatic nitrogens is 1. The molecule has 2 aromatic carbocycles. The Hall–Kier alpha value is -2.43. The smallest absolute Gasteiger partial charge is 0.347 e. The van der Waals surface area contributed by atoms with Crippen LogP contribution in [0.15, 0.2) is 52.9 Å². The quantitative estimate of drug-likeness (QED) is 0.725. The van der Waals surface area contributed by atoms with Crippen molar-refractivity contribution in [3.05, 3.63) is 60.0 Å². The number of para-hydroxylation sites is 2. The number of alkyl halides is 2. The molecule has 0 saturated heterocycles. The van der Waals surface area contributed by atoms with Crippen molar-refractivity contribution in [3.63, 3.8) is 0 Å². The summed E-state index contributed by atoms with van der Waals surface area (Å²) >= 11 is 0. The van der Waals surface area contributed by atoms with Crippen LogP contribution in [-0.4, -0.2) is 12.1 Å². The minimum Gasteiger partial charge on any atom is -0.497 e. The lowest BCUT2D eigenvalue weighted by molar-refractivity contribution is 0.0147. The molecule has 1 heterocycles. The number of ether oxygens (including phenoxy) is 1. The lowest BCUT2D eigenvalue weighted by Gasteiger charge is -2.12. The molecule has 0 aliphatic heterocycles. The number of hydrogen-bond donors (Lipinski definition) is 0. The molecule has 102 valence electrons. The minimum atomic E-state index is -3.29. The summed E-state index contributed by atoms with van der Waals surface area (Å²) in [5, 5.41) is 0. The Morgan fingerprint density at radius 3 is 2.40 bits per heavy atom. The Balaban J connectivity index is 2.04. The Labute approximate surface area is 113 Å². The van der Waals surface area contributed by atoms with E-state index in [1.807, 2.05) is 0 Å². The number of hydrogen-bond acceptors (Lipinski definition) is 3. The lowest BCUT2D eigenvalue weighted by atomic mass is 10.1. The highest BCUT2D eigenvalue weighted by Gasteiger charge is 2.39. The second-order valence-electron chi connectivity index (χ2n) is 4.29. The number of rotatable bonds is 3. The van der Waals surface area contributed by atoms with Gasteiger partial charge in [0.1, 0.15) is 11.3 Å². The summed E-state index contributed by atoms with van der Waals surface area (Å²) < 4.78 is 38.8. The van der Waals surface area contributed by atoms with Gasteiger partial charge >= 0.3 is 5.92 Å². The van der Waals surface area contributed by atoms with Crippen LogP contribution >= 0.6 is 0 Å². The second-order valence-corrected chi connectivity index (χ2v) is 4.29. The molecule has 0 N–H and O–H groups in total. The van der Waals surface area contributed by atoms with E-state index in [0.29, 0.717) is 16.8 Å². The summed E-state index contributed by atoms with van der Waals surface area (Å²) in [6.07, 6.45) is 0. The van der Waals surface area contributed by atoms with Crippen LogP contribution in [0.5, 0.6) is 5.75 Å². The fourth-order valence-electron chi connectivity index (χ4n) is 1.93. The first-order chi connectivity index (χ1) is 9.61.